The first-order chi connectivity index (χ1) is 22.0. The van der Waals surface area contributed by atoms with Crippen LogP contribution in [-0.2, 0) is 29.1 Å². The van der Waals surface area contributed by atoms with Crippen LogP contribution < -0.4 is 0 Å². The summed E-state index contributed by atoms with van der Waals surface area (Å²) in [6.45, 7) is 19.3. The molecular weight excluding hydrogens is 621 g/mol. The summed E-state index contributed by atoms with van der Waals surface area (Å²) in [4.78, 5) is 27.6. The van der Waals surface area contributed by atoms with Crippen molar-refractivity contribution in [3.63, 3.8) is 0 Å². The minimum atomic E-state index is -2.18. The van der Waals surface area contributed by atoms with E-state index in [0.717, 1.165) is 59.5 Å². The number of hydrogen-bond donors (Lipinski definition) is 0. The van der Waals surface area contributed by atoms with E-state index in [9.17, 15) is 4.79 Å². The summed E-state index contributed by atoms with van der Waals surface area (Å²) in [6, 6.07) is 16.9. The summed E-state index contributed by atoms with van der Waals surface area (Å²) in [7, 11) is -0.0528. The van der Waals surface area contributed by atoms with Crippen LogP contribution in [0.25, 0.3) is 11.0 Å². The molecule has 7 nitrogen and oxygen atoms in total. The van der Waals surface area contributed by atoms with Gasteiger partial charge in [0.05, 0.1) is 39.8 Å². The number of fused-ring (bicyclic) bond motifs is 2. The molecule has 0 radical (unpaired) electrons. The molecule has 3 heterocycles. The van der Waals surface area contributed by atoms with Crippen LogP contribution in [0.5, 0.6) is 0 Å². The third-order valence-electron chi connectivity index (χ3n) is 10.4. The van der Waals surface area contributed by atoms with Gasteiger partial charge in [0.25, 0.3) is 0 Å². The van der Waals surface area contributed by atoms with Crippen molar-refractivity contribution in [3.8, 4) is 0 Å². The first-order valence-electron chi connectivity index (χ1n) is 17.2. The molecule has 0 spiro atoms. The first kappa shape index (κ1) is 33.9. The number of imidazole rings is 1. The van der Waals surface area contributed by atoms with Gasteiger partial charge in [0.1, 0.15) is 11.4 Å². The fourth-order valence-electron chi connectivity index (χ4n) is 7.08. The maximum atomic E-state index is 14.1. The Morgan fingerprint density at radius 3 is 2.43 bits per heavy atom. The Bertz CT molecular complexity index is 1750. The Morgan fingerprint density at radius 1 is 1.02 bits per heavy atom. The van der Waals surface area contributed by atoms with E-state index in [1.165, 1.54) is 16.1 Å². The maximum Gasteiger partial charge on any atom is 0.410 e. The van der Waals surface area contributed by atoms with E-state index >= 15 is 0 Å². The zero-order valence-corrected chi connectivity index (χ0v) is 31.7. The largest absolute Gasteiger partial charge is 0.444 e. The Kier molecular flexibility index (Phi) is 8.98. The number of amides is 1. The van der Waals surface area contributed by atoms with E-state index in [1.807, 2.05) is 43.1 Å². The number of benzene rings is 2. The topological polar surface area (TPSA) is 69.5 Å². The van der Waals surface area contributed by atoms with Gasteiger partial charge in [-0.15, -0.1) is 11.3 Å². The third-order valence-corrected chi connectivity index (χ3v) is 15.9. The average molecular weight is 673 g/mol. The van der Waals surface area contributed by atoms with E-state index in [1.54, 1.807) is 0 Å². The van der Waals surface area contributed by atoms with E-state index in [0.29, 0.717) is 0 Å². The summed E-state index contributed by atoms with van der Waals surface area (Å²) >= 11 is 1.82. The highest BCUT2D eigenvalue weighted by atomic mass is 32.1. The first-order valence-corrected chi connectivity index (χ1v) is 20.9. The van der Waals surface area contributed by atoms with Crippen LogP contribution >= 0.6 is 11.3 Å². The van der Waals surface area contributed by atoms with E-state index in [2.05, 4.69) is 94.9 Å². The minimum Gasteiger partial charge on any atom is -0.444 e. The van der Waals surface area contributed by atoms with Crippen LogP contribution in [0.15, 0.2) is 48.5 Å². The molecule has 2 aromatic carbocycles. The molecule has 1 aliphatic heterocycles. The molecule has 1 saturated heterocycles. The molecule has 2 aliphatic rings. The number of aromatic nitrogens is 3. The highest BCUT2D eigenvalue weighted by molar-refractivity contribution is 7.11. The van der Waals surface area contributed by atoms with Gasteiger partial charge in [0.2, 0.25) is 0 Å². The smallest absolute Gasteiger partial charge is 0.410 e. The van der Waals surface area contributed by atoms with Gasteiger partial charge in [-0.2, -0.15) is 0 Å². The fraction of sp³-hybridized carbons (Fsp3) is 0.553. The van der Waals surface area contributed by atoms with Crippen LogP contribution in [0.2, 0.25) is 18.1 Å². The van der Waals surface area contributed by atoms with Gasteiger partial charge in [0, 0.05) is 18.0 Å². The van der Waals surface area contributed by atoms with Crippen LogP contribution in [0.3, 0.4) is 0 Å². The fourth-order valence-corrected chi connectivity index (χ4v) is 9.37. The van der Waals surface area contributed by atoms with Crippen molar-refractivity contribution in [3.05, 3.63) is 81.1 Å². The van der Waals surface area contributed by atoms with Gasteiger partial charge in [-0.25, -0.2) is 14.8 Å². The molecule has 2 aromatic heterocycles. The van der Waals surface area contributed by atoms with Crippen LogP contribution in [0.1, 0.15) is 105 Å². The molecule has 1 amide bonds. The highest BCUT2D eigenvalue weighted by Gasteiger charge is 2.47. The Hall–Kier alpha value is -3.01. The standard InChI is InChI=1S/C38H52N4O3SSi/c1-24-39-33-28(18-21-32(33)46-24)35-40-29-19-16-25(23-31(29)41(35)8)22-27-17-20-30(42(27)36(43)44-37(2,3)4)34(26-14-12-11-13-15-26)45-47(9,10)38(5,6)7/h11-16,19,23,27-28,30,34H,17-18,20-22H2,1-10H3/t27?,28-,30-,34-/m1/s1. The molecule has 9 heteroatoms. The van der Waals surface area contributed by atoms with Crippen LogP contribution in [0.4, 0.5) is 4.79 Å². The van der Waals surface area contributed by atoms with Gasteiger partial charge in [-0.05, 0) is 101 Å². The van der Waals surface area contributed by atoms with Crippen molar-refractivity contribution < 1.29 is 14.0 Å². The van der Waals surface area contributed by atoms with Crippen molar-refractivity contribution in [2.45, 2.75) is 128 Å². The monoisotopic (exact) mass is 672 g/mol. The second-order valence-electron chi connectivity index (χ2n) is 16.1. The summed E-state index contributed by atoms with van der Waals surface area (Å²) in [5.41, 5.74) is 5.06. The zero-order valence-electron chi connectivity index (χ0n) is 29.9. The minimum absolute atomic E-state index is 0.00963. The molecule has 252 valence electrons. The number of carbonyl (C=O) groups is 1. The summed E-state index contributed by atoms with van der Waals surface area (Å²) < 4.78 is 15.6. The number of thiazole rings is 1. The van der Waals surface area contributed by atoms with E-state index in [-0.39, 0.29) is 35.2 Å². The lowest BCUT2D eigenvalue weighted by molar-refractivity contribution is -0.00238. The normalized spacial score (nSPS) is 21.0. The van der Waals surface area contributed by atoms with Gasteiger partial charge in [-0.1, -0.05) is 57.2 Å². The highest BCUT2D eigenvalue weighted by Crippen LogP contribution is 2.45. The SMILES string of the molecule is Cc1nc2c(s1)CC[C@H]2c1nc2ccc(CC3CC[C@H]([C@H](O[Si](C)(C)C(C)(C)C)c4ccccc4)N3C(=O)OC(C)(C)C)cc2n1C. The van der Waals surface area contributed by atoms with Gasteiger partial charge >= 0.3 is 6.09 Å². The van der Waals surface area contributed by atoms with Crippen LogP contribution in [0, 0.1) is 6.92 Å². The number of hydrogen-bond acceptors (Lipinski definition) is 6. The molecule has 4 atom stereocenters. The Labute approximate surface area is 285 Å². The van der Waals surface area contributed by atoms with Crippen molar-refractivity contribution in [1.29, 1.82) is 0 Å². The summed E-state index contributed by atoms with van der Waals surface area (Å²) in [5.74, 6) is 1.33. The molecular formula is C38H52N4O3SSi. The maximum absolute atomic E-state index is 14.1. The molecule has 1 unspecified atom stereocenters. The van der Waals surface area contributed by atoms with Gasteiger partial charge in [0.15, 0.2) is 8.32 Å². The Balaban J connectivity index is 1.32. The molecule has 0 N–H and O–H groups in total. The summed E-state index contributed by atoms with van der Waals surface area (Å²) in [6.07, 6.45) is 4.13. The summed E-state index contributed by atoms with van der Waals surface area (Å²) in [5, 5.41) is 1.17. The second kappa shape index (κ2) is 12.5. The molecule has 1 aliphatic carbocycles. The molecule has 4 aromatic rings. The quantitative estimate of drug-likeness (QED) is 0.183. The third kappa shape index (κ3) is 6.81. The Morgan fingerprint density at radius 2 is 1.74 bits per heavy atom. The lowest BCUT2D eigenvalue weighted by atomic mass is 10.0. The predicted molar refractivity (Wildman–Crippen MR) is 194 cm³/mol. The van der Waals surface area contributed by atoms with E-state index < -0.39 is 13.9 Å². The second-order valence-corrected chi connectivity index (χ2v) is 22.1. The number of rotatable bonds is 7. The lowest BCUT2D eigenvalue weighted by Gasteiger charge is -2.43. The number of likely N-dealkylation sites (tertiary alicyclic amines) is 1. The van der Waals surface area contributed by atoms with Crippen molar-refractivity contribution in [2.24, 2.45) is 7.05 Å². The lowest BCUT2D eigenvalue weighted by Crippen LogP contribution is -2.50. The predicted octanol–water partition coefficient (Wildman–Crippen LogP) is 9.49. The van der Waals surface area contributed by atoms with Crippen molar-refractivity contribution in [2.75, 3.05) is 0 Å². The number of aryl methyl sites for hydroxylation is 3. The number of carbonyl (C=O) groups excluding carboxylic acids is 1. The zero-order chi connectivity index (χ0) is 33.9. The molecule has 47 heavy (non-hydrogen) atoms. The molecule has 0 saturated carbocycles. The van der Waals surface area contributed by atoms with Gasteiger partial charge in [-0.3, -0.25) is 4.90 Å². The molecule has 6 rings (SSSR count). The number of nitrogens with zero attached hydrogens (tertiary/aromatic N) is 4. The molecule has 0 bridgehead atoms. The van der Waals surface area contributed by atoms with Gasteiger partial charge < -0.3 is 13.7 Å². The van der Waals surface area contributed by atoms with Crippen molar-refractivity contribution >= 4 is 36.8 Å². The number of ether oxygens (including phenoxy) is 1. The van der Waals surface area contributed by atoms with E-state index in [4.69, 9.17) is 19.1 Å². The molecule has 1 fully saturated rings. The van der Waals surface area contributed by atoms with Crippen molar-refractivity contribution in [1.82, 2.24) is 19.4 Å². The van der Waals surface area contributed by atoms with Crippen LogP contribution in [-0.4, -0.2) is 51.5 Å². The average Bonchev–Trinajstić information content (AvgIpc) is 3.74.